The number of carbonyl (C=O) groups excluding carboxylic acids is 5. The number of rotatable bonds is 14. The van der Waals surface area contributed by atoms with Gasteiger partial charge in [-0.05, 0) is 121 Å². The van der Waals surface area contributed by atoms with E-state index >= 15 is 0 Å². The summed E-state index contributed by atoms with van der Waals surface area (Å²) < 4.78 is 10.6. The molecule has 6 aromatic rings. The van der Waals surface area contributed by atoms with E-state index < -0.39 is 46.7 Å². The monoisotopic (exact) mass is 980 g/mol. The number of amides is 5. The summed E-state index contributed by atoms with van der Waals surface area (Å²) in [4.78, 5) is 72.8. The SMILES string of the molecule is CC(C)=Cc1ccc(O)cc1.COc1c(NC(=O)c2ccc(NC(=O)c3ccc(NC(=O)CNC(=O)c4ccc(NC=O)cc4)cc3Br)c(OC)c2O)ccc(C(=O)O)c1O.Cc1cn[nH]n1. The summed E-state index contributed by atoms with van der Waals surface area (Å²) in [5, 5.41) is 61.5. The number of aryl methyl sites for hydroxylation is 1. The zero-order chi connectivity index (χ0) is 49.2. The Labute approximate surface area is 391 Å². The molecule has 0 fully saturated rings. The molecule has 0 spiro atoms. The number of carboxylic acids is 1. The van der Waals surface area contributed by atoms with Crippen molar-refractivity contribution in [3.05, 3.63) is 141 Å². The molecule has 0 aliphatic carbocycles. The van der Waals surface area contributed by atoms with Crippen molar-refractivity contribution in [2.24, 2.45) is 0 Å². The van der Waals surface area contributed by atoms with Crippen LogP contribution in [0.15, 0.2) is 107 Å². The third kappa shape index (κ3) is 14.7. The number of halogens is 1. The zero-order valence-electron chi connectivity index (χ0n) is 36.4. The Morgan fingerprint density at radius 3 is 1.76 bits per heavy atom. The van der Waals surface area contributed by atoms with Crippen molar-refractivity contribution in [1.82, 2.24) is 20.7 Å². The van der Waals surface area contributed by atoms with Gasteiger partial charge in [-0.25, -0.2) is 4.79 Å². The second-order valence-electron chi connectivity index (χ2n) is 14.0. The van der Waals surface area contributed by atoms with Crippen LogP contribution in [0.1, 0.15) is 66.5 Å². The fraction of sp³-hybridized carbons (Fsp3) is 0.130. The highest BCUT2D eigenvalue weighted by atomic mass is 79.9. The number of aromatic hydroxyl groups is 3. The van der Waals surface area contributed by atoms with Gasteiger partial charge in [0.1, 0.15) is 11.3 Å². The Hall–Kier alpha value is -8.72. The number of allylic oxidation sites excluding steroid dienone is 1. The van der Waals surface area contributed by atoms with Crippen molar-refractivity contribution in [2.45, 2.75) is 20.8 Å². The lowest BCUT2D eigenvalue weighted by atomic mass is 10.1. The average Bonchev–Trinajstić information content (AvgIpc) is 3.77. The first-order valence-corrected chi connectivity index (χ1v) is 20.4. The van der Waals surface area contributed by atoms with Gasteiger partial charge < -0.3 is 56.5 Å². The molecule has 10 N–H and O–H groups in total. The van der Waals surface area contributed by atoms with Gasteiger partial charge in [-0.3, -0.25) is 24.0 Å². The molecule has 348 valence electrons. The molecule has 0 aliphatic rings. The lowest BCUT2D eigenvalue weighted by Gasteiger charge is -2.16. The molecule has 0 atom stereocenters. The van der Waals surface area contributed by atoms with Crippen molar-refractivity contribution < 1.29 is 58.7 Å². The third-order valence-corrected chi connectivity index (χ3v) is 9.46. The number of ether oxygens (including phenoxy) is 2. The van der Waals surface area contributed by atoms with Crippen LogP contribution in [-0.2, 0) is 9.59 Å². The van der Waals surface area contributed by atoms with E-state index in [-0.39, 0.29) is 50.6 Å². The predicted molar refractivity (Wildman–Crippen MR) is 252 cm³/mol. The zero-order valence-corrected chi connectivity index (χ0v) is 38.0. The molecule has 0 radical (unpaired) electrons. The van der Waals surface area contributed by atoms with Gasteiger partial charge in [-0.1, -0.05) is 23.8 Å². The molecule has 1 heterocycles. The molecular weight excluding hydrogens is 936 g/mol. The molecule has 20 nitrogen and oxygen atoms in total. The van der Waals surface area contributed by atoms with Crippen LogP contribution in [0.5, 0.6) is 28.7 Å². The number of benzene rings is 5. The number of nitrogens with zero attached hydrogens (tertiary/aromatic N) is 2. The standard InChI is InChI=1S/C33H28BrN5O11.C10H12O.C3H5N3/c1-49-28-23(11-9-20(26(28)42)32(46)39-24-12-10-21(33(47)48)27(43)29(24)50-2)38-31(45)19-8-7-18(13-22(19)34)37-25(41)14-35-30(44)16-3-5-17(6-4-16)36-15-40;1-8(2)7-9-3-5-10(11)6-4-9;1-3-2-4-6-5-3/h3-13,15,42-43H,14H2,1-2H3,(H,35,44)(H,36,40)(H,37,41)(H,38,45)(H,39,46)(H,47,48);3-7,11H,1-2H3;2H,1H3,(H,4,5,6). The van der Waals surface area contributed by atoms with Crippen LogP contribution in [0, 0.1) is 6.92 Å². The number of anilines is 4. The molecule has 21 heteroatoms. The molecule has 67 heavy (non-hydrogen) atoms. The number of aromatic amines is 1. The van der Waals surface area contributed by atoms with Crippen molar-refractivity contribution in [1.29, 1.82) is 0 Å². The Morgan fingerprint density at radius 1 is 0.716 bits per heavy atom. The van der Waals surface area contributed by atoms with Crippen LogP contribution in [0.4, 0.5) is 22.7 Å². The highest BCUT2D eigenvalue weighted by Gasteiger charge is 2.24. The van der Waals surface area contributed by atoms with Crippen molar-refractivity contribution in [2.75, 3.05) is 42.0 Å². The van der Waals surface area contributed by atoms with Crippen molar-refractivity contribution in [3.63, 3.8) is 0 Å². The predicted octanol–water partition coefficient (Wildman–Crippen LogP) is 6.95. The smallest absolute Gasteiger partial charge is 0.339 e. The number of aromatic carboxylic acids is 1. The summed E-state index contributed by atoms with van der Waals surface area (Å²) in [6, 6.07) is 22.3. The van der Waals surface area contributed by atoms with E-state index in [4.69, 9.17) is 14.6 Å². The molecule has 5 amide bonds. The average molecular weight is 982 g/mol. The number of phenols is 3. The highest BCUT2D eigenvalue weighted by Crippen LogP contribution is 2.41. The van der Waals surface area contributed by atoms with E-state index in [0.717, 1.165) is 17.3 Å². The number of hydrogen-bond acceptors (Lipinski definition) is 13. The Balaban J connectivity index is 0.000000478. The van der Waals surface area contributed by atoms with Crippen LogP contribution in [0.2, 0.25) is 0 Å². The maximum absolute atomic E-state index is 13.2. The minimum absolute atomic E-state index is 0.00208. The van der Waals surface area contributed by atoms with Crippen LogP contribution >= 0.6 is 15.9 Å². The van der Waals surface area contributed by atoms with Crippen LogP contribution < -0.4 is 36.1 Å². The van der Waals surface area contributed by atoms with Gasteiger partial charge in [0.2, 0.25) is 12.3 Å². The summed E-state index contributed by atoms with van der Waals surface area (Å²) in [6.07, 6.45) is 4.24. The lowest BCUT2D eigenvalue weighted by Crippen LogP contribution is -2.32. The molecule has 0 bridgehead atoms. The molecule has 0 unspecified atom stereocenters. The summed E-state index contributed by atoms with van der Waals surface area (Å²) in [5.74, 6) is -5.58. The highest BCUT2D eigenvalue weighted by molar-refractivity contribution is 9.10. The molecule has 0 aliphatic heterocycles. The fourth-order valence-corrected chi connectivity index (χ4v) is 6.24. The van der Waals surface area contributed by atoms with E-state index in [9.17, 15) is 44.1 Å². The number of aromatic nitrogens is 3. The molecule has 6 rings (SSSR count). The molecular formula is C46H45BrN8O12. The third-order valence-electron chi connectivity index (χ3n) is 8.81. The number of carboxylic acid groups (broad SMARTS) is 1. The first-order valence-electron chi connectivity index (χ1n) is 19.6. The molecule has 5 aromatic carbocycles. The molecule has 0 saturated heterocycles. The maximum Gasteiger partial charge on any atom is 0.339 e. The maximum atomic E-state index is 13.2. The van der Waals surface area contributed by atoms with Gasteiger partial charge in [-0.2, -0.15) is 15.4 Å². The minimum Gasteiger partial charge on any atom is -0.508 e. The first-order chi connectivity index (χ1) is 31.9. The lowest BCUT2D eigenvalue weighted by molar-refractivity contribution is -0.115. The van der Waals surface area contributed by atoms with Crippen LogP contribution in [-0.4, -0.2) is 92.6 Å². The number of hydrogen-bond donors (Lipinski definition) is 10. The van der Waals surface area contributed by atoms with Gasteiger partial charge in [0.05, 0.1) is 55.2 Å². The van der Waals surface area contributed by atoms with Gasteiger partial charge in [0, 0.05) is 21.4 Å². The van der Waals surface area contributed by atoms with E-state index in [0.29, 0.717) is 23.5 Å². The van der Waals surface area contributed by atoms with Crippen LogP contribution in [0.25, 0.3) is 6.08 Å². The van der Waals surface area contributed by atoms with E-state index in [1.807, 2.05) is 32.9 Å². The van der Waals surface area contributed by atoms with Crippen molar-refractivity contribution in [3.8, 4) is 28.7 Å². The van der Waals surface area contributed by atoms with E-state index in [1.54, 1.807) is 18.3 Å². The normalized spacial score (nSPS) is 10.0. The van der Waals surface area contributed by atoms with Gasteiger partial charge >= 0.3 is 5.97 Å². The number of carbonyl (C=O) groups is 6. The number of nitrogens with one attached hydrogen (secondary N) is 6. The summed E-state index contributed by atoms with van der Waals surface area (Å²) in [7, 11) is 2.37. The van der Waals surface area contributed by atoms with Crippen LogP contribution in [0.3, 0.4) is 0 Å². The molecule has 1 aromatic heterocycles. The number of methoxy groups -OCH3 is 2. The Kier molecular flexibility index (Phi) is 18.5. The minimum atomic E-state index is -1.41. The topological polar surface area (TPSA) is 304 Å². The van der Waals surface area contributed by atoms with E-state index in [1.165, 1.54) is 80.5 Å². The van der Waals surface area contributed by atoms with Gasteiger partial charge in [0.15, 0.2) is 23.0 Å². The number of phenolic OH excluding ortho intramolecular Hbond substituents is 2. The van der Waals surface area contributed by atoms with Crippen molar-refractivity contribution >= 4 is 80.8 Å². The molecule has 0 saturated carbocycles. The van der Waals surface area contributed by atoms with E-state index in [2.05, 4.69) is 64.0 Å². The second kappa shape index (κ2) is 24.4. The first kappa shape index (κ1) is 50.9. The summed E-state index contributed by atoms with van der Waals surface area (Å²) >= 11 is 3.30. The second-order valence-corrected chi connectivity index (χ2v) is 14.8. The summed E-state index contributed by atoms with van der Waals surface area (Å²) in [6.45, 7) is 5.63. The quantitative estimate of drug-likeness (QED) is 0.0495. The largest absolute Gasteiger partial charge is 0.508 e. The Bertz CT molecular complexity index is 2760. The summed E-state index contributed by atoms with van der Waals surface area (Å²) in [5.41, 5.74) is 3.71. The Morgan fingerprint density at radius 2 is 1.27 bits per heavy atom. The number of H-pyrrole nitrogens is 1. The fourth-order valence-electron chi connectivity index (χ4n) is 5.68. The van der Waals surface area contributed by atoms with Gasteiger partial charge in [-0.15, -0.1) is 0 Å². The van der Waals surface area contributed by atoms with Gasteiger partial charge in [0.25, 0.3) is 17.7 Å².